The molecule has 1 heterocycles. The fourth-order valence-corrected chi connectivity index (χ4v) is 4.17. The smallest absolute Gasteiger partial charge is 0.210 e. The summed E-state index contributed by atoms with van der Waals surface area (Å²) in [5, 5.41) is 11.1. The fraction of sp³-hybridized carbons (Fsp3) is 0.167. The van der Waals surface area contributed by atoms with Crippen molar-refractivity contribution in [3.05, 3.63) is 59.9 Å². The third-order valence-electron chi connectivity index (χ3n) is 3.54. The number of ether oxygens (including phenoxy) is 1. The Hall–Kier alpha value is -2.45. The van der Waals surface area contributed by atoms with Crippen molar-refractivity contribution in [1.82, 2.24) is 10.2 Å². The number of nitrogens with zero attached hydrogens (tertiary/aromatic N) is 2. The zero-order valence-electron chi connectivity index (χ0n) is 14.1. The molecule has 3 rings (SSSR count). The van der Waals surface area contributed by atoms with E-state index in [1.165, 1.54) is 29.2 Å². The molecule has 1 aromatic heterocycles. The summed E-state index contributed by atoms with van der Waals surface area (Å²) >= 11 is 2.60. The number of aromatic nitrogens is 2. The molecule has 0 aliphatic carbocycles. The molecule has 8 heteroatoms. The van der Waals surface area contributed by atoms with Crippen LogP contribution in [0.25, 0.3) is 0 Å². The zero-order valence-corrected chi connectivity index (χ0v) is 15.7. The summed E-state index contributed by atoms with van der Waals surface area (Å²) in [6.07, 6.45) is 0. The highest BCUT2D eigenvalue weighted by atomic mass is 32.2. The molecule has 1 atom stereocenters. The third-order valence-corrected chi connectivity index (χ3v) is 5.57. The van der Waals surface area contributed by atoms with Crippen LogP contribution in [0.5, 0.6) is 5.75 Å². The number of carbonyl (C=O) groups excluding carboxylic acids is 1. The standard InChI is InChI=1S/C18H16FN3O2S2/c1-11(16(23)12-7-9-13(24-2)10-8-12)25-18-22-21-17(26-18)20-15-6-4-3-5-14(15)19/h3-11H,1-2H3,(H,20,21)/t11-/m1/s1. The van der Waals surface area contributed by atoms with Crippen molar-refractivity contribution in [2.75, 3.05) is 12.4 Å². The molecular formula is C18H16FN3O2S2. The Kier molecular flexibility index (Phi) is 5.85. The molecule has 0 unspecified atom stereocenters. The van der Waals surface area contributed by atoms with Crippen molar-refractivity contribution in [3.63, 3.8) is 0 Å². The summed E-state index contributed by atoms with van der Waals surface area (Å²) in [6, 6.07) is 13.3. The molecular weight excluding hydrogens is 373 g/mol. The van der Waals surface area contributed by atoms with Crippen LogP contribution in [0.4, 0.5) is 15.2 Å². The summed E-state index contributed by atoms with van der Waals surface area (Å²) < 4.78 is 19.4. The van der Waals surface area contributed by atoms with E-state index in [9.17, 15) is 9.18 Å². The lowest BCUT2D eigenvalue weighted by molar-refractivity contribution is 0.0994. The van der Waals surface area contributed by atoms with Gasteiger partial charge in [0.05, 0.1) is 18.0 Å². The van der Waals surface area contributed by atoms with Crippen LogP contribution in [0, 0.1) is 5.82 Å². The monoisotopic (exact) mass is 389 g/mol. The van der Waals surface area contributed by atoms with Crippen LogP contribution in [0.1, 0.15) is 17.3 Å². The number of nitrogens with one attached hydrogen (secondary N) is 1. The summed E-state index contributed by atoms with van der Waals surface area (Å²) in [4.78, 5) is 12.5. The van der Waals surface area contributed by atoms with Crippen LogP contribution in [-0.4, -0.2) is 28.3 Å². The van der Waals surface area contributed by atoms with E-state index in [1.807, 2.05) is 6.92 Å². The van der Waals surface area contributed by atoms with Gasteiger partial charge in [0, 0.05) is 5.56 Å². The highest BCUT2D eigenvalue weighted by Crippen LogP contribution is 2.32. The summed E-state index contributed by atoms with van der Waals surface area (Å²) in [7, 11) is 1.58. The molecule has 0 fully saturated rings. The Balaban J connectivity index is 1.64. The molecule has 5 nitrogen and oxygen atoms in total. The first-order chi connectivity index (χ1) is 12.6. The van der Waals surface area contributed by atoms with E-state index in [0.717, 1.165) is 0 Å². The summed E-state index contributed by atoms with van der Waals surface area (Å²) in [5.74, 6) is 0.339. The van der Waals surface area contributed by atoms with Gasteiger partial charge in [-0.1, -0.05) is 35.2 Å². The highest BCUT2D eigenvalue weighted by Gasteiger charge is 2.19. The summed E-state index contributed by atoms with van der Waals surface area (Å²) in [5.41, 5.74) is 0.947. The van der Waals surface area contributed by atoms with E-state index in [-0.39, 0.29) is 16.9 Å². The Morgan fingerprint density at radius 3 is 2.62 bits per heavy atom. The van der Waals surface area contributed by atoms with Crippen molar-refractivity contribution in [3.8, 4) is 5.75 Å². The average molecular weight is 389 g/mol. The van der Waals surface area contributed by atoms with E-state index in [0.29, 0.717) is 26.5 Å². The highest BCUT2D eigenvalue weighted by molar-refractivity contribution is 8.02. The van der Waals surface area contributed by atoms with Gasteiger partial charge in [-0.2, -0.15) is 0 Å². The van der Waals surface area contributed by atoms with Gasteiger partial charge in [0.25, 0.3) is 0 Å². The number of rotatable bonds is 7. The van der Waals surface area contributed by atoms with Crippen LogP contribution >= 0.6 is 23.1 Å². The number of hydrogen-bond donors (Lipinski definition) is 1. The van der Waals surface area contributed by atoms with Gasteiger partial charge in [-0.15, -0.1) is 10.2 Å². The minimum atomic E-state index is -0.361. The van der Waals surface area contributed by atoms with Gasteiger partial charge in [-0.05, 0) is 43.3 Å². The second-order valence-corrected chi connectivity index (χ2v) is 7.90. The van der Waals surface area contributed by atoms with Crippen molar-refractivity contribution >= 4 is 39.7 Å². The molecule has 0 bridgehead atoms. The van der Waals surface area contributed by atoms with Gasteiger partial charge in [0.2, 0.25) is 5.13 Å². The number of anilines is 2. The van der Waals surface area contributed by atoms with Crippen LogP contribution in [-0.2, 0) is 0 Å². The Morgan fingerprint density at radius 2 is 1.92 bits per heavy atom. The molecule has 134 valence electrons. The van der Waals surface area contributed by atoms with Crippen LogP contribution in [0.3, 0.4) is 0 Å². The predicted molar refractivity (Wildman–Crippen MR) is 102 cm³/mol. The quantitative estimate of drug-likeness (QED) is 0.463. The van der Waals surface area contributed by atoms with E-state index < -0.39 is 0 Å². The van der Waals surface area contributed by atoms with Gasteiger partial charge >= 0.3 is 0 Å². The maximum absolute atomic E-state index is 13.7. The fourth-order valence-electron chi connectivity index (χ4n) is 2.18. The lowest BCUT2D eigenvalue weighted by Gasteiger charge is -2.08. The van der Waals surface area contributed by atoms with Gasteiger partial charge in [0.15, 0.2) is 10.1 Å². The number of para-hydroxylation sites is 1. The van der Waals surface area contributed by atoms with Crippen LogP contribution in [0.2, 0.25) is 0 Å². The number of Topliss-reactive ketones (excluding diaryl/α,β-unsaturated/α-hetero) is 1. The second kappa shape index (κ2) is 8.29. The Morgan fingerprint density at radius 1 is 1.19 bits per heavy atom. The molecule has 0 amide bonds. The van der Waals surface area contributed by atoms with Crippen LogP contribution in [0.15, 0.2) is 52.9 Å². The zero-order chi connectivity index (χ0) is 18.5. The van der Waals surface area contributed by atoms with Gasteiger partial charge in [-0.25, -0.2) is 4.39 Å². The molecule has 0 aliphatic heterocycles. The largest absolute Gasteiger partial charge is 0.497 e. The van der Waals surface area contributed by atoms with E-state index >= 15 is 0 Å². The first-order valence-electron chi connectivity index (χ1n) is 7.77. The van der Waals surface area contributed by atoms with Crippen molar-refractivity contribution in [1.29, 1.82) is 0 Å². The van der Waals surface area contributed by atoms with E-state index in [4.69, 9.17) is 4.74 Å². The minimum Gasteiger partial charge on any atom is -0.497 e. The molecule has 0 spiro atoms. The number of halogens is 1. The van der Waals surface area contributed by atoms with Gasteiger partial charge < -0.3 is 10.1 Å². The Bertz CT molecular complexity index is 899. The van der Waals surface area contributed by atoms with E-state index in [1.54, 1.807) is 49.6 Å². The molecule has 0 aliphatic rings. The SMILES string of the molecule is COc1ccc(C(=O)[C@@H](C)Sc2nnc(Nc3ccccc3F)s2)cc1. The van der Waals surface area contributed by atoms with Crippen molar-refractivity contribution < 1.29 is 13.9 Å². The van der Waals surface area contributed by atoms with Crippen molar-refractivity contribution in [2.24, 2.45) is 0 Å². The average Bonchev–Trinajstić information content (AvgIpc) is 3.10. The van der Waals surface area contributed by atoms with E-state index in [2.05, 4.69) is 15.5 Å². The molecule has 0 saturated heterocycles. The second-order valence-electron chi connectivity index (χ2n) is 5.33. The maximum Gasteiger partial charge on any atom is 0.210 e. The number of ketones is 1. The molecule has 3 aromatic rings. The molecule has 0 radical (unpaired) electrons. The first-order valence-corrected chi connectivity index (χ1v) is 9.46. The molecule has 0 saturated carbocycles. The molecule has 2 aromatic carbocycles. The molecule has 26 heavy (non-hydrogen) atoms. The van der Waals surface area contributed by atoms with Gasteiger partial charge in [-0.3, -0.25) is 4.79 Å². The Labute approximate surface area is 158 Å². The number of carbonyl (C=O) groups is 1. The third kappa shape index (κ3) is 4.39. The number of methoxy groups -OCH3 is 1. The lowest BCUT2D eigenvalue weighted by atomic mass is 10.1. The van der Waals surface area contributed by atoms with Gasteiger partial charge in [0.1, 0.15) is 11.6 Å². The summed E-state index contributed by atoms with van der Waals surface area (Å²) in [6.45, 7) is 1.82. The number of hydrogen-bond acceptors (Lipinski definition) is 7. The maximum atomic E-state index is 13.7. The normalized spacial score (nSPS) is 11.8. The predicted octanol–water partition coefficient (Wildman–Crippen LogP) is 4.79. The minimum absolute atomic E-state index is 0.00327. The number of benzene rings is 2. The number of thioether (sulfide) groups is 1. The van der Waals surface area contributed by atoms with Crippen LogP contribution < -0.4 is 10.1 Å². The van der Waals surface area contributed by atoms with Crippen molar-refractivity contribution in [2.45, 2.75) is 16.5 Å². The lowest BCUT2D eigenvalue weighted by Crippen LogP contribution is -2.13. The first kappa shape index (κ1) is 18.3. The molecule has 1 N–H and O–H groups in total. The topological polar surface area (TPSA) is 64.1 Å².